The molecule has 1 aliphatic carbocycles. The van der Waals surface area contributed by atoms with Crippen molar-refractivity contribution in [1.82, 2.24) is 0 Å². The average molecular weight is 315 g/mol. The fourth-order valence-corrected chi connectivity index (χ4v) is 5.57. The summed E-state index contributed by atoms with van der Waals surface area (Å²) in [5, 5.41) is 0. The Morgan fingerprint density at radius 1 is 1.33 bits per heavy atom. The molecule has 0 aromatic carbocycles. The van der Waals surface area contributed by atoms with Gasteiger partial charge in [-0.2, -0.15) is 0 Å². The summed E-state index contributed by atoms with van der Waals surface area (Å²) in [6, 6.07) is 0. The molecule has 0 spiro atoms. The molecule has 0 aliphatic heterocycles. The second kappa shape index (κ2) is 3.92. The van der Waals surface area contributed by atoms with Crippen LogP contribution in [0.25, 0.3) is 0 Å². The van der Waals surface area contributed by atoms with Gasteiger partial charge >= 0.3 is 73.2 Å². The van der Waals surface area contributed by atoms with E-state index >= 15 is 0 Å². The third-order valence-electron chi connectivity index (χ3n) is 2.34. The Balaban J connectivity index is 2.30. The van der Waals surface area contributed by atoms with Crippen molar-refractivity contribution in [1.29, 1.82) is 0 Å². The molecule has 0 aromatic rings. The Kier molecular flexibility index (Phi) is 3.48. The Hall–Kier alpha value is 0.895. The molecule has 50 valence electrons. The summed E-state index contributed by atoms with van der Waals surface area (Å²) in [6.45, 7) is 0. The summed E-state index contributed by atoms with van der Waals surface area (Å²) >= 11 is 0.739. The first-order valence-corrected chi connectivity index (χ1v) is 8.36. The Labute approximate surface area is 73.1 Å². The molecule has 0 aromatic heterocycles. The van der Waals surface area contributed by atoms with Gasteiger partial charge in [0.15, 0.2) is 0 Å². The van der Waals surface area contributed by atoms with Crippen molar-refractivity contribution < 1.29 is 30.9 Å². The molecule has 1 saturated carbocycles. The van der Waals surface area contributed by atoms with E-state index in [1.165, 1.54) is 25.7 Å². The monoisotopic (exact) mass is 316 g/mol. The van der Waals surface area contributed by atoms with E-state index in [1.54, 1.807) is 0 Å². The molecule has 1 nitrogen and oxygen atoms in total. The van der Waals surface area contributed by atoms with Crippen LogP contribution in [0.15, 0.2) is 0 Å². The van der Waals surface area contributed by atoms with E-state index in [2.05, 4.69) is 0 Å². The first kappa shape index (κ1) is 8.00. The number of ether oxygens (including phenoxy) is 1. The molecule has 0 unspecified atom stereocenters. The molecule has 0 amide bonds. The van der Waals surface area contributed by atoms with Crippen molar-refractivity contribution in [2.45, 2.75) is 35.2 Å². The molecule has 2 atom stereocenters. The zero-order valence-electron chi connectivity index (χ0n) is 6.39. The molecule has 1 rings (SSSR count). The van der Waals surface area contributed by atoms with Crippen molar-refractivity contribution in [3.8, 4) is 0 Å². The van der Waals surface area contributed by atoms with Crippen molar-refractivity contribution in [2.75, 3.05) is 7.11 Å². The Morgan fingerprint density at radius 2 is 2.00 bits per heavy atom. The maximum absolute atomic E-state index is 5.36. The van der Waals surface area contributed by atoms with Crippen LogP contribution < -0.4 is 0 Å². The molecule has 2 heteroatoms. The van der Waals surface area contributed by atoms with Crippen molar-refractivity contribution >= 4 is 0 Å². The van der Waals surface area contributed by atoms with Crippen LogP contribution in [-0.2, 0) is 30.9 Å². The van der Waals surface area contributed by atoms with Gasteiger partial charge in [-0.1, -0.05) is 0 Å². The van der Waals surface area contributed by atoms with E-state index in [1.807, 2.05) is 7.11 Å². The molecule has 1 aliphatic rings. The fourth-order valence-electron chi connectivity index (χ4n) is 1.63. The van der Waals surface area contributed by atoms with Gasteiger partial charge in [-0.3, -0.25) is 0 Å². The number of hydrogen-bond donors (Lipinski definition) is 0. The summed E-state index contributed by atoms with van der Waals surface area (Å²) in [6.07, 6.45) is 6.30. The van der Waals surface area contributed by atoms with Crippen LogP contribution in [0.2, 0.25) is 3.43 Å². The maximum atomic E-state index is 5.36. The Bertz CT molecular complexity index is 85.0. The number of methoxy groups -OCH3 is 1. The minimum absolute atomic E-state index is 0.653. The van der Waals surface area contributed by atoms with Crippen LogP contribution in [0.5, 0.6) is 0 Å². The second-order valence-corrected chi connectivity index (χ2v) is 8.80. The molecule has 9 heavy (non-hydrogen) atoms. The molecule has 0 bridgehead atoms. The fraction of sp³-hybridized carbons (Fsp3) is 1.00. The van der Waals surface area contributed by atoms with E-state index < -0.39 is 0 Å². The van der Waals surface area contributed by atoms with E-state index in [0.29, 0.717) is 6.10 Å². The first-order chi connectivity index (χ1) is 4.34. The SMILES string of the molecule is CO[C@@H]1CCCC[C@H]1[HgH]. The topological polar surface area (TPSA) is 9.23 Å². The second-order valence-electron chi connectivity index (χ2n) is 3.04. The van der Waals surface area contributed by atoms with E-state index in [-0.39, 0.29) is 0 Å². The summed E-state index contributed by atoms with van der Waals surface area (Å²) in [5.41, 5.74) is 0. The van der Waals surface area contributed by atoms with Gasteiger partial charge in [0, 0.05) is 0 Å². The molecule has 1 fully saturated rings. The third-order valence-corrected chi connectivity index (χ3v) is 7.47. The van der Waals surface area contributed by atoms with Crippen LogP contribution in [0.3, 0.4) is 0 Å². The molecular weight excluding hydrogens is 301 g/mol. The van der Waals surface area contributed by atoms with Crippen molar-refractivity contribution in [2.24, 2.45) is 0 Å². The van der Waals surface area contributed by atoms with Gasteiger partial charge in [0.05, 0.1) is 0 Å². The number of rotatable bonds is 1. The Morgan fingerprint density at radius 3 is 2.44 bits per heavy atom. The average Bonchev–Trinajstić information content (AvgIpc) is 1.89. The zero-order valence-corrected chi connectivity index (χ0v) is 14.2. The van der Waals surface area contributed by atoms with Crippen molar-refractivity contribution in [3.63, 3.8) is 0 Å². The number of hydrogen-bond acceptors (Lipinski definition) is 1. The molecule has 0 heterocycles. The molecule has 0 N–H and O–H groups in total. The summed E-state index contributed by atoms with van der Waals surface area (Å²) in [4.78, 5) is 0. The van der Waals surface area contributed by atoms with Crippen LogP contribution in [0.1, 0.15) is 25.7 Å². The van der Waals surface area contributed by atoms with E-state index in [9.17, 15) is 0 Å². The minimum atomic E-state index is 0.653. The zero-order chi connectivity index (χ0) is 6.69. The van der Waals surface area contributed by atoms with E-state index in [4.69, 9.17) is 4.74 Å². The first-order valence-electron chi connectivity index (χ1n) is 3.87. The van der Waals surface area contributed by atoms with Gasteiger partial charge < -0.3 is 0 Å². The van der Waals surface area contributed by atoms with Gasteiger partial charge in [0.25, 0.3) is 0 Å². The van der Waals surface area contributed by atoms with Gasteiger partial charge in [-0.15, -0.1) is 0 Å². The summed E-state index contributed by atoms with van der Waals surface area (Å²) in [5.74, 6) is 0. The van der Waals surface area contributed by atoms with Crippen LogP contribution >= 0.6 is 0 Å². The van der Waals surface area contributed by atoms with Crippen molar-refractivity contribution in [3.05, 3.63) is 0 Å². The molecule has 0 saturated heterocycles. The van der Waals surface area contributed by atoms with Gasteiger partial charge in [-0.05, 0) is 0 Å². The van der Waals surface area contributed by atoms with Crippen LogP contribution in [0, 0.1) is 0 Å². The van der Waals surface area contributed by atoms with Crippen LogP contribution in [0.4, 0.5) is 0 Å². The standard InChI is InChI=1S/C7H13O.Hg.H/c1-8-7-5-3-2-4-6-7;;/h5,7H,2-4,6H2,1H3;;/t7-;;/m0../s1. The van der Waals surface area contributed by atoms with Gasteiger partial charge in [0.1, 0.15) is 0 Å². The van der Waals surface area contributed by atoms with Gasteiger partial charge in [-0.25, -0.2) is 0 Å². The predicted octanol–water partition coefficient (Wildman–Crippen LogP) is 1.64. The normalized spacial score (nSPS) is 36.4. The van der Waals surface area contributed by atoms with E-state index in [0.717, 1.165) is 29.5 Å². The van der Waals surface area contributed by atoms with Crippen LogP contribution in [-0.4, -0.2) is 13.2 Å². The predicted molar refractivity (Wildman–Crippen MR) is 34.4 cm³/mol. The molecule has 0 radical (unpaired) electrons. The third kappa shape index (κ3) is 2.19. The summed E-state index contributed by atoms with van der Waals surface area (Å²) < 4.78 is 6.38. The van der Waals surface area contributed by atoms with Gasteiger partial charge in [0.2, 0.25) is 0 Å². The summed E-state index contributed by atoms with van der Waals surface area (Å²) in [7, 11) is 1.86. The quantitative estimate of drug-likeness (QED) is 0.669. The molecular formula is C7H14HgO.